The number of guanidine groups is 2. The van der Waals surface area contributed by atoms with Crippen LogP contribution in [0, 0.1) is 5.92 Å². The van der Waals surface area contributed by atoms with Gasteiger partial charge in [-0.3, -0.25) is 43.5 Å². The molecule has 0 saturated heterocycles. The Hall–Kier alpha value is -6.23. The second-order valence-electron chi connectivity index (χ2n) is 16.3. The van der Waals surface area contributed by atoms with Crippen LogP contribution < -0.4 is 72.0 Å². The fraction of sp³-hybridized carbons (Fsp3) is 0.643. The first-order valence-electron chi connectivity index (χ1n) is 22.2. The number of rotatable bonds is 32. The van der Waals surface area contributed by atoms with E-state index in [0.29, 0.717) is 37.7 Å². The minimum absolute atomic E-state index is 0.0239. The predicted molar refractivity (Wildman–Crippen MR) is 248 cm³/mol. The molecule has 0 aliphatic carbocycles. The van der Waals surface area contributed by atoms with E-state index in [-0.39, 0.29) is 88.2 Å². The van der Waals surface area contributed by atoms with E-state index in [1.807, 2.05) is 20.8 Å². The lowest BCUT2D eigenvalue weighted by Gasteiger charge is -2.27. The molecule has 366 valence electrons. The van der Waals surface area contributed by atoms with E-state index in [1.54, 1.807) is 19.1 Å². The second-order valence-corrected chi connectivity index (χ2v) is 16.3. The fourth-order valence-electron chi connectivity index (χ4n) is 6.39. The zero-order valence-electron chi connectivity index (χ0n) is 38.3. The van der Waals surface area contributed by atoms with E-state index >= 15 is 0 Å². The van der Waals surface area contributed by atoms with Gasteiger partial charge in [-0.2, -0.15) is 0 Å². The van der Waals surface area contributed by atoms with E-state index in [0.717, 1.165) is 0 Å². The molecule has 23 heteroatoms. The molecule has 0 aliphatic rings. The van der Waals surface area contributed by atoms with Gasteiger partial charge in [-0.05, 0) is 75.0 Å². The molecule has 0 spiro atoms. The predicted octanol–water partition coefficient (Wildman–Crippen LogP) is -2.85. The van der Waals surface area contributed by atoms with Crippen LogP contribution in [0.25, 0.3) is 0 Å². The van der Waals surface area contributed by atoms with Gasteiger partial charge in [-0.15, -0.1) is 0 Å². The van der Waals surface area contributed by atoms with E-state index < -0.39 is 83.6 Å². The first-order valence-corrected chi connectivity index (χ1v) is 22.2. The Balaban J connectivity index is 3.40. The van der Waals surface area contributed by atoms with Crippen LogP contribution in [0.15, 0.2) is 34.3 Å². The highest BCUT2D eigenvalue weighted by atomic mass is 16.3. The molecular weight excluding hydrogens is 843 g/mol. The Morgan fingerprint density at radius 1 is 0.538 bits per heavy atom. The summed E-state index contributed by atoms with van der Waals surface area (Å²) in [5.74, 6) is -5.16. The topological polar surface area (TPSA) is 419 Å². The Kier molecular flexibility index (Phi) is 26.9. The average molecular weight is 918 g/mol. The van der Waals surface area contributed by atoms with Crippen LogP contribution in [0.5, 0.6) is 5.75 Å². The van der Waals surface area contributed by atoms with Gasteiger partial charge in [0.1, 0.15) is 42.0 Å². The normalized spacial score (nSPS) is 14.2. The number of nitrogens with zero attached hydrogens (tertiary/aromatic N) is 2. The number of phenolic OH excluding ortho intramolecular Hbond substituents is 1. The SMILES string of the molecule is CCCC[C@H](NC(=O)[C@@H](N)CCCN=C(N)N)C(=O)N[C@@H](CCCN=C(N)N)C(=O)N[C@@H](CCC)C(=O)N[C@@H](Cc1ccc(O)cc1)C(=O)N[C@@H](CN)C(=O)N[C@@H](CCC(C)C)C(N)=O. The second kappa shape index (κ2) is 30.8. The van der Waals surface area contributed by atoms with Crippen molar-refractivity contribution in [2.24, 2.45) is 56.0 Å². The van der Waals surface area contributed by atoms with Gasteiger partial charge in [0.15, 0.2) is 11.9 Å². The first-order chi connectivity index (χ1) is 30.7. The van der Waals surface area contributed by atoms with Gasteiger partial charge in [-0.1, -0.05) is 59.1 Å². The average Bonchev–Trinajstić information content (AvgIpc) is 3.24. The smallest absolute Gasteiger partial charge is 0.244 e. The van der Waals surface area contributed by atoms with Crippen molar-refractivity contribution in [1.82, 2.24) is 31.9 Å². The molecule has 21 N–H and O–H groups in total. The third kappa shape index (κ3) is 23.3. The number of nitrogens with one attached hydrogen (secondary N) is 6. The zero-order chi connectivity index (χ0) is 49.1. The standard InChI is InChI=1S/C42H75N15O8/c1-5-7-12-30(53-35(60)27(44)11-8-20-50-41(46)47)37(62)55-31(13-9-21-51-42(48)49)38(63)54-29(10-6-2)36(61)56-32(22-25-15-17-26(58)18-16-25)39(64)57-33(23-43)40(65)52-28(34(45)59)19-14-24(3)4/h15-18,24,27-33,58H,5-14,19-23,43-44H2,1-4H3,(H2,45,59)(H,52,65)(H,53,60)(H,54,63)(H,55,62)(H,56,61)(H,57,64)(H4,46,47,50)(H4,48,49,51)/t27-,28-,29-,30-,31-,32-,33-/m0/s1. The minimum Gasteiger partial charge on any atom is -0.508 e. The van der Waals surface area contributed by atoms with Crippen LogP contribution >= 0.6 is 0 Å². The van der Waals surface area contributed by atoms with Crippen molar-refractivity contribution in [1.29, 1.82) is 0 Å². The zero-order valence-corrected chi connectivity index (χ0v) is 38.3. The van der Waals surface area contributed by atoms with Gasteiger partial charge in [0, 0.05) is 26.1 Å². The Bertz CT molecular complexity index is 1740. The summed E-state index contributed by atoms with van der Waals surface area (Å²) in [5, 5.41) is 25.8. The Morgan fingerprint density at radius 2 is 0.969 bits per heavy atom. The van der Waals surface area contributed by atoms with Gasteiger partial charge in [-0.25, -0.2) is 0 Å². The number of carbonyl (C=O) groups excluding carboxylic acids is 7. The maximum atomic E-state index is 14.1. The van der Waals surface area contributed by atoms with Crippen LogP contribution in [0.4, 0.5) is 0 Å². The number of carbonyl (C=O) groups is 7. The molecule has 0 fully saturated rings. The van der Waals surface area contributed by atoms with Gasteiger partial charge in [0.2, 0.25) is 41.4 Å². The lowest BCUT2D eigenvalue weighted by Crippen LogP contribution is -2.61. The molecule has 0 aromatic heterocycles. The van der Waals surface area contributed by atoms with Gasteiger partial charge in [0.05, 0.1) is 6.04 Å². The molecule has 0 heterocycles. The number of hydrogen-bond donors (Lipinski definition) is 14. The molecule has 65 heavy (non-hydrogen) atoms. The van der Waals surface area contributed by atoms with Crippen molar-refractivity contribution in [3.8, 4) is 5.75 Å². The Morgan fingerprint density at radius 3 is 1.45 bits per heavy atom. The third-order valence-corrected chi connectivity index (χ3v) is 10.1. The van der Waals surface area contributed by atoms with Crippen molar-refractivity contribution < 1.29 is 38.7 Å². The summed E-state index contributed by atoms with van der Waals surface area (Å²) < 4.78 is 0. The molecule has 0 saturated carbocycles. The number of primary amides is 1. The van der Waals surface area contributed by atoms with Crippen molar-refractivity contribution in [3.63, 3.8) is 0 Å². The summed E-state index contributed by atoms with van der Waals surface area (Å²) in [6.07, 6.45) is 3.64. The van der Waals surface area contributed by atoms with Crippen LogP contribution in [0.1, 0.15) is 104 Å². The number of amides is 7. The van der Waals surface area contributed by atoms with Crippen LogP contribution in [-0.2, 0) is 40.0 Å². The van der Waals surface area contributed by atoms with Crippen molar-refractivity contribution in [2.45, 2.75) is 147 Å². The molecule has 7 amide bonds. The monoisotopic (exact) mass is 918 g/mol. The summed E-state index contributed by atoms with van der Waals surface area (Å²) in [6.45, 7) is 7.59. The van der Waals surface area contributed by atoms with Crippen molar-refractivity contribution in [2.75, 3.05) is 19.6 Å². The fourth-order valence-corrected chi connectivity index (χ4v) is 6.39. The van der Waals surface area contributed by atoms with Crippen molar-refractivity contribution in [3.05, 3.63) is 29.8 Å². The minimum atomic E-state index is -1.34. The van der Waals surface area contributed by atoms with Crippen LogP contribution in [0.2, 0.25) is 0 Å². The van der Waals surface area contributed by atoms with Gasteiger partial charge < -0.3 is 77.1 Å². The number of hydrogen-bond acceptors (Lipinski definition) is 12. The maximum Gasteiger partial charge on any atom is 0.244 e. The molecule has 0 bridgehead atoms. The summed E-state index contributed by atoms with van der Waals surface area (Å²) in [6, 6.07) is -2.29. The lowest BCUT2D eigenvalue weighted by atomic mass is 10.0. The largest absolute Gasteiger partial charge is 0.508 e. The number of aromatic hydroxyl groups is 1. The highest BCUT2D eigenvalue weighted by Gasteiger charge is 2.33. The molecule has 1 aromatic carbocycles. The van der Waals surface area contributed by atoms with E-state index in [2.05, 4.69) is 41.9 Å². The quantitative estimate of drug-likeness (QED) is 0.0197. The van der Waals surface area contributed by atoms with E-state index in [9.17, 15) is 38.7 Å². The number of benzene rings is 1. The van der Waals surface area contributed by atoms with Gasteiger partial charge >= 0.3 is 0 Å². The summed E-state index contributed by atoms with van der Waals surface area (Å²) in [7, 11) is 0. The molecule has 0 aliphatic heterocycles. The summed E-state index contributed by atoms with van der Waals surface area (Å²) in [5.41, 5.74) is 39.8. The molecular formula is C42H75N15O8. The highest BCUT2D eigenvalue weighted by molar-refractivity contribution is 5.97. The number of aliphatic imine (C=N–C) groups is 2. The van der Waals surface area contributed by atoms with Gasteiger partial charge in [0.25, 0.3) is 0 Å². The number of nitrogens with two attached hydrogens (primary N) is 7. The van der Waals surface area contributed by atoms with Crippen LogP contribution in [0.3, 0.4) is 0 Å². The van der Waals surface area contributed by atoms with Crippen molar-refractivity contribution >= 4 is 53.3 Å². The maximum absolute atomic E-state index is 14.1. The molecule has 7 atom stereocenters. The highest BCUT2D eigenvalue weighted by Crippen LogP contribution is 2.13. The van der Waals surface area contributed by atoms with E-state index in [4.69, 9.17) is 40.1 Å². The molecule has 1 rings (SSSR count). The molecule has 0 radical (unpaired) electrons. The van der Waals surface area contributed by atoms with E-state index in [1.165, 1.54) is 12.1 Å². The lowest BCUT2D eigenvalue weighted by molar-refractivity contribution is -0.135. The number of phenols is 1. The molecule has 1 aromatic rings. The first kappa shape index (κ1) is 56.8. The number of unbranched alkanes of at least 4 members (excludes halogenated alkanes) is 1. The summed E-state index contributed by atoms with van der Waals surface area (Å²) >= 11 is 0. The van der Waals surface area contributed by atoms with Crippen LogP contribution in [-0.4, -0.2) is 120 Å². The summed E-state index contributed by atoms with van der Waals surface area (Å²) in [4.78, 5) is 102. The Labute approximate surface area is 381 Å². The molecule has 0 unspecified atom stereocenters. The third-order valence-electron chi connectivity index (χ3n) is 10.1. The molecule has 23 nitrogen and oxygen atoms in total.